The molecule has 1 amide bonds. The minimum atomic E-state index is -0.514. The molecule has 2 aromatic rings. The van der Waals surface area contributed by atoms with Gasteiger partial charge in [-0.1, -0.05) is 11.6 Å². The molecule has 1 heterocycles. The van der Waals surface area contributed by atoms with Gasteiger partial charge in [-0.3, -0.25) is 25.0 Å². The number of hydrogen-bond acceptors (Lipinski definition) is 7. The molecule has 3 rings (SSSR count). The summed E-state index contributed by atoms with van der Waals surface area (Å²) in [5.74, 6) is 0.132. The second-order valence-electron chi connectivity index (χ2n) is 6.30. The fourth-order valence-corrected chi connectivity index (χ4v) is 3.17. The van der Waals surface area contributed by atoms with Crippen LogP contribution in [0.15, 0.2) is 42.5 Å². The number of carbonyl (C=O) groups excluding carboxylic acids is 1. The topological polar surface area (TPSA) is 119 Å². The summed E-state index contributed by atoms with van der Waals surface area (Å²) in [5.41, 5.74) is 0.337. The Hall–Kier alpha value is -3.40. The van der Waals surface area contributed by atoms with Crippen LogP contribution in [-0.2, 0) is 4.79 Å². The van der Waals surface area contributed by atoms with Gasteiger partial charge in [0.15, 0.2) is 6.61 Å². The number of hydrogen-bond donors (Lipinski definition) is 0. The number of amides is 1. The number of non-ortho nitro benzene ring substituents is 1. The molecule has 0 unspecified atom stereocenters. The highest BCUT2D eigenvalue weighted by molar-refractivity contribution is 6.30. The lowest BCUT2D eigenvalue weighted by Crippen LogP contribution is -2.50. The van der Waals surface area contributed by atoms with Crippen molar-refractivity contribution < 1.29 is 19.4 Å². The second-order valence-corrected chi connectivity index (χ2v) is 6.73. The number of anilines is 1. The van der Waals surface area contributed by atoms with E-state index in [-0.39, 0.29) is 28.9 Å². The van der Waals surface area contributed by atoms with Crippen molar-refractivity contribution in [3.63, 3.8) is 0 Å². The molecule has 10 nitrogen and oxygen atoms in total. The number of carbonyl (C=O) groups is 1. The van der Waals surface area contributed by atoms with E-state index in [1.54, 1.807) is 17.0 Å². The van der Waals surface area contributed by atoms with Gasteiger partial charge in [0.05, 0.1) is 9.85 Å². The normalized spacial score (nSPS) is 13.8. The molecule has 1 aliphatic heterocycles. The fourth-order valence-electron chi connectivity index (χ4n) is 3.01. The Balaban J connectivity index is 1.54. The van der Waals surface area contributed by atoms with E-state index in [1.807, 2.05) is 4.90 Å². The van der Waals surface area contributed by atoms with Gasteiger partial charge in [-0.2, -0.15) is 0 Å². The number of benzene rings is 2. The van der Waals surface area contributed by atoms with Crippen molar-refractivity contribution in [1.82, 2.24) is 4.90 Å². The maximum atomic E-state index is 12.4. The monoisotopic (exact) mass is 420 g/mol. The van der Waals surface area contributed by atoms with Gasteiger partial charge in [-0.15, -0.1) is 0 Å². The molecule has 0 bridgehead atoms. The molecule has 1 aliphatic rings. The van der Waals surface area contributed by atoms with Crippen LogP contribution in [0.1, 0.15) is 0 Å². The number of ether oxygens (including phenoxy) is 1. The zero-order valence-electron chi connectivity index (χ0n) is 15.2. The van der Waals surface area contributed by atoms with Gasteiger partial charge in [0.25, 0.3) is 17.3 Å². The second kappa shape index (κ2) is 8.74. The van der Waals surface area contributed by atoms with Crippen LogP contribution < -0.4 is 9.64 Å². The largest absolute Gasteiger partial charge is 0.484 e. The highest BCUT2D eigenvalue weighted by atomic mass is 35.5. The van der Waals surface area contributed by atoms with Crippen LogP contribution >= 0.6 is 11.6 Å². The Morgan fingerprint density at radius 3 is 2.24 bits per heavy atom. The Bertz CT molecular complexity index is 928. The van der Waals surface area contributed by atoms with Crippen molar-refractivity contribution in [2.45, 2.75) is 0 Å². The van der Waals surface area contributed by atoms with Gasteiger partial charge in [-0.05, 0) is 24.3 Å². The third kappa shape index (κ3) is 4.91. The van der Waals surface area contributed by atoms with Crippen molar-refractivity contribution in [2.75, 3.05) is 37.7 Å². The summed E-state index contributed by atoms with van der Waals surface area (Å²) in [6.45, 7) is 1.46. The van der Waals surface area contributed by atoms with Gasteiger partial charge in [-0.25, -0.2) is 0 Å². The molecule has 0 N–H and O–H groups in total. The van der Waals surface area contributed by atoms with Crippen LogP contribution in [0.4, 0.5) is 17.1 Å². The van der Waals surface area contributed by atoms with Crippen LogP contribution in [0.25, 0.3) is 0 Å². The first-order valence-corrected chi connectivity index (χ1v) is 9.07. The summed E-state index contributed by atoms with van der Waals surface area (Å²) in [5, 5.41) is 22.2. The van der Waals surface area contributed by atoms with Crippen molar-refractivity contribution >= 4 is 34.6 Å². The van der Waals surface area contributed by atoms with E-state index in [4.69, 9.17) is 16.3 Å². The van der Waals surface area contributed by atoms with Crippen LogP contribution in [0, 0.1) is 20.2 Å². The van der Waals surface area contributed by atoms with Gasteiger partial charge < -0.3 is 14.5 Å². The molecule has 152 valence electrons. The molecule has 0 saturated carbocycles. The standard InChI is InChI=1S/C18H17ClN4O6/c19-13-1-6-16(17(11-13)23(27)28)20-7-9-21(10-8-20)18(24)12-29-15-4-2-14(3-5-15)22(25)26/h1-6,11H,7-10,12H2. The van der Waals surface area contributed by atoms with Crippen molar-refractivity contribution in [1.29, 1.82) is 0 Å². The third-order valence-electron chi connectivity index (χ3n) is 4.52. The Morgan fingerprint density at radius 1 is 1.00 bits per heavy atom. The average molecular weight is 421 g/mol. The molecule has 29 heavy (non-hydrogen) atoms. The van der Waals surface area contributed by atoms with E-state index in [9.17, 15) is 25.0 Å². The van der Waals surface area contributed by atoms with Crippen molar-refractivity contribution in [3.05, 3.63) is 67.7 Å². The van der Waals surface area contributed by atoms with Gasteiger partial charge in [0.2, 0.25) is 0 Å². The molecule has 0 radical (unpaired) electrons. The summed E-state index contributed by atoms with van der Waals surface area (Å²) < 4.78 is 5.40. The van der Waals surface area contributed by atoms with E-state index in [0.29, 0.717) is 37.6 Å². The SMILES string of the molecule is O=C(COc1ccc([N+](=O)[O-])cc1)N1CCN(c2ccc(Cl)cc2[N+](=O)[O-])CC1. The quantitative estimate of drug-likeness (QED) is 0.520. The summed E-state index contributed by atoms with van der Waals surface area (Å²) in [6.07, 6.45) is 0. The molecule has 0 spiro atoms. The molecule has 0 aliphatic carbocycles. The highest BCUT2D eigenvalue weighted by Crippen LogP contribution is 2.31. The minimum absolute atomic E-state index is 0.0592. The zero-order chi connectivity index (χ0) is 21.0. The van der Waals surface area contributed by atoms with Crippen LogP contribution in [0.5, 0.6) is 5.75 Å². The smallest absolute Gasteiger partial charge is 0.294 e. The van der Waals surface area contributed by atoms with Gasteiger partial charge in [0, 0.05) is 49.4 Å². The van der Waals surface area contributed by atoms with Crippen LogP contribution in [-0.4, -0.2) is 53.4 Å². The van der Waals surface area contributed by atoms with Crippen LogP contribution in [0.2, 0.25) is 5.02 Å². The fraction of sp³-hybridized carbons (Fsp3) is 0.278. The number of nitro benzene ring substituents is 2. The van der Waals surface area contributed by atoms with E-state index in [0.717, 1.165) is 0 Å². The predicted octanol–water partition coefficient (Wildman–Crippen LogP) is 2.88. The number of rotatable bonds is 6. The van der Waals surface area contributed by atoms with E-state index in [2.05, 4.69) is 0 Å². The molecule has 0 aromatic heterocycles. The summed E-state index contributed by atoms with van der Waals surface area (Å²) in [6, 6.07) is 9.99. The number of nitro groups is 2. The summed E-state index contributed by atoms with van der Waals surface area (Å²) in [4.78, 5) is 36.7. The maximum Gasteiger partial charge on any atom is 0.294 e. The van der Waals surface area contributed by atoms with E-state index < -0.39 is 9.85 Å². The first-order chi connectivity index (χ1) is 13.8. The van der Waals surface area contributed by atoms with E-state index >= 15 is 0 Å². The Labute approximate surface area is 170 Å². The van der Waals surface area contributed by atoms with Gasteiger partial charge >= 0.3 is 0 Å². The van der Waals surface area contributed by atoms with E-state index in [1.165, 1.54) is 30.3 Å². The molecular weight excluding hydrogens is 404 g/mol. The molecule has 11 heteroatoms. The summed E-state index contributed by atoms with van der Waals surface area (Å²) in [7, 11) is 0. The number of halogens is 1. The summed E-state index contributed by atoms with van der Waals surface area (Å²) >= 11 is 5.85. The molecular formula is C18H17ClN4O6. The van der Waals surface area contributed by atoms with Crippen molar-refractivity contribution in [3.8, 4) is 5.75 Å². The van der Waals surface area contributed by atoms with Gasteiger partial charge in [0.1, 0.15) is 11.4 Å². The molecule has 1 fully saturated rings. The predicted molar refractivity (Wildman–Crippen MR) is 105 cm³/mol. The maximum absolute atomic E-state index is 12.4. The number of piperazine rings is 1. The van der Waals surface area contributed by atoms with Crippen LogP contribution in [0.3, 0.4) is 0 Å². The number of nitrogens with zero attached hydrogens (tertiary/aromatic N) is 4. The molecule has 0 atom stereocenters. The first kappa shape index (κ1) is 20.3. The lowest BCUT2D eigenvalue weighted by atomic mass is 10.2. The Morgan fingerprint density at radius 2 is 1.66 bits per heavy atom. The minimum Gasteiger partial charge on any atom is -0.484 e. The highest BCUT2D eigenvalue weighted by Gasteiger charge is 2.26. The molecule has 1 saturated heterocycles. The Kier molecular flexibility index (Phi) is 6.13. The molecule has 2 aromatic carbocycles. The zero-order valence-corrected chi connectivity index (χ0v) is 15.9. The third-order valence-corrected chi connectivity index (χ3v) is 4.75. The average Bonchev–Trinajstić information content (AvgIpc) is 2.72. The lowest BCUT2D eigenvalue weighted by molar-refractivity contribution is -0.384. The first-order valence-electron chi connectivity index (χ1n) is 8.69. The lowest BCUT2D eigenvalue weighted by Gasteiger charge is -2.35. The van der Waals surface area contributed by atoms with Crippen molar-refractivity contribution in [2.24, 2.45) is 0 Å².